The number of nitrogens with one attached hydrogen (secondary N) is 1. The van der Waals surface area contributed by atoms with Gasteiger partial charge < -0.3 is 10.6 Å². The molecule has 0 atom stereocenters. The van der Waals surface area contributed by atoms with Crippen LogP contribution >= 0.6 is 0 Å². The average molecular weight is 496 g/mol. The molecular weight excluding hydrogens is 475 g/mol. The fourth-order valence-corrected chi connectivity index (χ4v) is 3.49. The average Bonchev–Trinajstić information content (AvgIpc) is 2.84. The Balaban J connectivity index is 2.09. The van der Waals surface area contributed by atoms with Gasteiger partial charge in [0, 0.05) is 12.1 Å². The van der Waals surface area contributed by atoms with Crippen LogP contribution in [0.2, 0.25) is 0 Å². The molecule has 3 aromatic rings. The molecule has 1 heterocycles. The standard InChI is InChI=1S/C23H21F5N4O3/c1-2-3-9-31(14(33)10-13-15(24)17(26)19(28)18(27)16(13)25)20-21(29)32(23(35)30-22(20)34)11-12-7-5-4-6-8-12/h4-8H,2-3,9-11,29H2,1H3,(H,30,34,35). The van der Waals surface area contributed by atoms with Crippen LogP contribution in [0.15, 0.2) is 39.9 Å². The number of nitrogens with zero attached hydrogens (tertiary/aromatic N) is 2. The van der Waals surface area contributed by atoms with Gasteiger partial charge in [0.05, 0.1) is 13.0 Å². The van der Waals surface area contributed by atoms with E-state index >= 15 is 0 Å². The van der Waals surface area contributed by atoms with Crippen LogP contribution in [0.3, 0.4) is 0 Å². The van der Waals surface area contributed by atoms with Gasteiger partial charge >= 0.3 is 5.69 Å². The van der Waals surface area contributed by atoms with Crippen LogP contribution in [0, 0.1) is 29.1 Å². The van der Waals surface area contributed by atoms with Crippen molar-refractivity contribution in [3.05, 3.63) is 91.4 Å². The van der Waals surface area contributed by atoms with Crippen molar-refractivity contribution in [1.82, 2.24) is 9.55 Å². The lowest BCUT2D eigenvalue weighted by atomic mass is 10.1. The van der Waals surface area contributed by atoms with E-state index in [1.54, 1.807) is 37.3 Å². The van der Waals surface area contributed by atoms with Crippen LogP contribution in [0.4, 0.5) is 33.5 Å². The molecule has 12 heteroatoms. The van der Waals surface area contributed by atoms with Crippen molar-refractivity contribution in [3.8, 4) is 0 Å². The third kappa shape index (κ3) is 5.10. The first-order valence-corrected chi connectivity index (χ1v) is 10.6. The molecule has 2 aromatic carbocycles. The van der Waals surface area contributed by atoms with E-state index in [1.807, 2.05) is 0 Å². The maximum Gasteiger partial charge on any atom is 0.330 e. The fourth-order valence-electron chi connectivity index (χ4n) is 3.49. The Kier molecular flexibility index (Phi) is 7.72. The van der Waals surface area contributed by atoms with E-state index in [0.29, 0.717) is 18.4 Å². The summed E-state index contributed by atoms with van der Waals surface area (Å²) < 4.78 is 69.9. The number of unbranched alkanes of at least 4 members (excludes halogenated alkanes) is 1. The maximum atomic E-state index is 14.2. The fraction of sp³-hybridized carbons (Fsp3) is 0.261. The molecular formula is C23H21F5N4O3. The number of nitrogens with two attached hydrogens (primary N) is 1. The zero-order chi connectivity index (χ0) is 25.9. The lowest BCUT2D eigenvalue weighted by Crippen LogP contribution is -2.42. The summed E-state index contributed by atoms with van der Waals surface area (Å²) in [7, 11) is 0. The summed E-state index contributed by atoms with van der Waals surface area (Å²) in [4.78, 5) is 41.0. The number of carbonyl (C=O) groups is 1. The Morgan fingerprint density at radius 2 is 1.54 bits per heavy atom. The van der Waals surface area contributed by atoms with Crippen LogP contribution in [-0.4, -0.2) is 22.0 Å². The zero-order valence-electron chi connectivity index (χ0n) is 18.5. The molecule has 35 heavy (non-hydrogen) atoms. The van der Waals surface area contributed by atoms with E-state index in [0.717, 1.165) is 9.47 Å². The first-order chi connectivity index (χ1) is 16.6. The predicted molar refractivity (Wildman–Crippen MR) is 118 cm³/mol. The highest BCUT2D eigenvalue weighted by atomic mass is 19.2. The monoisotopic (exact) mass is 496 g/mol. The molecule has 3 N–H and O–H groups in total. The molecule has 3 rings (SSSR count). The molecule has 0 spiro atoms. The number of nitrogen functional groups attached to an aromatic ring is 1. The topological polar surface area (TPSA) is 101 Å². The first-order valence-electron chi connectivity index (χ1n) is 10.6. The molecule has 1 aromatic heterocycles. The van der Waals surface area contributed by atoms with Gasteiger partial charge in [-0.25, -0.2) is 26.7 Å². The van der Waals surface area contributed by atoms with Crippen LogP contribution in [0.1, 0.15) is 30.9 Å². The van der Waals surface area contributed by atoms with Crippen molar-refractivity contribution in [2.75, 3.05) is 17.2 Å². The van der Waals surface area contributed by atoms with Gasteiger partial charge in [0.15, 0.2) is 29.0 Å². The van der Waals surface area contributed by atoms with E-state index in [-0.39, 0.29) is 13.1 Å². The number of rotatable bonds is 8. The van der Waals surface area contributed by atoms with Gasteiger partial charge in [-0.05, 0) is 12.0 Å². The molecule has 0 fully saturated rings. The normalized spacial score (nSPS) is 11.0. The van der Waals surface area contributed by atoms with Gasteiger partial charge in [-0.3, -0.25) is 19.1 Å². The van der Waals surface area contributed by atoms with Crippen LogP contribution in [0.25, 0.3) is 0 Å². The number of hydrogen-bond donors (Lipinski definition) is 2. The van der Waals surface area contributed by atoms with Crippen molar-refractivity contribution < 1.29 is 26.7 Å². The minimum Gasteiger partial charge on any atom is -0.383 e. The summed E-state index contributed by atoms with van der Waals surface area (Å²) >= 11 is 0. The Labute approximate surface area is 195 Å². The maximum absolute atomic E-state index is 14.2. The van der Waals surface area contributed by atoms with E-state index in [1.165, 1.54) is 0 Å². The summed E-state index contributed by atoms with van der Waals surface area (Å²) in [5.41, 5.74) is 3.02. The minimum absolute atomic E-state index is 0.0667. The zero-order valence-corrected chi connectivity index (χ0v) is 18.5. The van der Waals surface area contributed by atoms with E-state index in [2.05, 4.69) is 4.98 Å². The Hall–Kier alpha value is -3.96. The third-order valence-electron chi connectivity index (χ3n) is 5.33. The van der Waals surface area contributed by atoms with E-state index < -0.39 is 69.7 Å². The number of benzene rings is 2. The van der Waals surface area contributed by atoms with Crippen molar-refractivity contribution in [2.24, 2.45) is 0 Å². The van der Waals surface area contributed by atoms with Gasteiger partial charge in [-0.15, -0.1) is 0 Å². The quantitative estimate of drug-likeness (QED) is 0.284. The summed E-state index contributed by atoms with van der Waals surface area (Å²) in [6.07, 6.45) is -0.417. The van der Waals surface area contributed by atoms with Crippen molar-refractivity contribution in [3.63, 3.8) is 0 Å². The molecule has 0 radical (unpaired) electrons. The van der Waals surface area contributed by atoms with Gasteiger partial charge in [0.1, 0.15) is 5.82 Å². The number of hydrogen-bond acceptors (Lipinski definition) is 4. The molecule has 0 unspecified atom stereocenters. The molecule has 0 bridgehead atoms. The summed E-state index contributed by atoms with van der Waals surface area (Å²) in [5.74, 6) is -12.6. The second kappa shape index (κ2) is 10.5. The van der Waals surface area contributed by atoms with Gasteiger partial charge in [0.25, 0.3) is 5.56 Å². The number of anilines is 2. The largest absolute Gasteiger partial charge is 0.383 e. The highest BCUT2D eigenvalue weighted by Gasteiger charge is 2.30. The summed E-state index contributed by atoms with van der Waals surface area (Å²) in [5, 5.41) is 0. The molecule has 186 valence electrons. The Morgan fingerprint density at radius 3 is 2.11 bits per heavy atom. The Bertz CT molecular complexity index is 1340. The lowest BCUT2D eigenvalue weighted by Gasteiger charge is -2.25. The van der Waals surface area contributed by atoms with Crippen LogP contribution in [0.5, 0.6) is 0 Å². The molecule has 0 aliphatic heterocycles. The number of aromatic nitrogens is 2. The second-order valence-electron chi connectivity index (χ2n) is 7.69. The summed E-state index contributed by atoms with van der Waals surface area (Å²) in [6.45, 7) is 1.53. The van der Waals surface area contributed by atoms with Crippen molar-refractivity contribution >= 4 is 17.4 Å². The molecule has 0 saturated heterocycles. The second-order valence-corrected chi connectivity index (χ2v) is 7.69. The van der Waals surface area contributed by atoms with E-state index in [4.69, 9.17) is 5.73 Å². The van der Waals surface area contributed by atoms with Gasteiger partial charge in [-0.1, -0.05) is 43.7 Å². The highest BCUT2D eigenvalue weighted by Crippen LogP contribution is 2.25. The molecule has 0 aliphatic carbocycles. The van der Waals surface area contributed by atoms with Crippen LogP contribution in [-0.2, 0) is 17.8 Å². The lowest BCUT2D eigenvalue weighted by molar-refractivity contribution is -0.118. The van der Waals surface area contributed by atoms with E-state index in [9.17, 15) is 36.3 Å². The predicted octanol–water partition coefficient (Wildman–Crippen LogP) is 3.24. The molecule has 1 amide bonds. The third-order valence-corrected chi connectivity index (χ3v) is 5.33. The summed E-state index contributed by atoms with van der Waals surface area (Å²) in [6, 6.07) is 8.56. The number of carbonyl (C=O) groups excluding carboxylic acids is 1. The number of H-pyrrole nitrogens is 1. The van der Waals surface area contributed by atoms with Crippen LogP contribution < -0.4 is 21.9 Å². The minimum atomic E-state index is -2.35. The smallest absolute Gasteiger partial charge is 0.330 e. The Morgan fingerprint density at radius 1 is 0.971 bits per heavy atom. The number of halogens is 5. The SMILES string of the molecule is CCCCN(C(=O)Cc1c(F)c(F)c(F)c(F)c1F)c1c(N)n(Cc2ccccc2)c(=O)[nH]c1=O. The van der Waals surface area contributed by atoms with Crippen molar-refractivity contribution in [2.45, 2.75) is 32.7 Å². The molecule has 0 saturated carbocycles. The molecule has 0 aliphatic rings. The number of amides is 1. The van der Waals surface area contributed by atoms with Crippen molar-refractivity contribution in [1.29, 1.82) is 0 Å². The first kappa shape index (κ1) is 25.7. The highest BCUT2D eigenvalue weighted by molar-refractivity contribution is 5.96. The number of aromatic amines is 1. The molecule has 7 nitrogen and oxygen atoms in total. The van der Waals surface area contributed by atoms with Gasteiger partial charge in [-0.2, -0.15) is 0 Å². The van der Waals surface area contributed by atoms with Gasteiger partial charge in [0.2, 0.25) is 11.7 Å².